The monoisotopic (exact) mass is 397 g/mol. The van der Waals surface area contributed by atoms with Crippen LogP contribution in [0.3, 0.4) is 0 Å². The van der Waals surface area contributed by atoms with E-state index in [-0.39, 0.29) is 30.7 Å². The molecule has 26 heavy (non-hydrogen) atoms. The van der Waals surface area contributed by atoms with Gasteiger partial charge in [-0.2, -0.15) is 0 Å². The number of piperidine rings is 1. The Labute approximate surface area is 166 Å². The molecule has 1 saturated heterocycles. The van der Waals surface area contributed by atoms with Gasteiger partial charge in [-0.15, -0.1) is 24.8 Å². The minimum Gasteiger partial charge on any atom is -0.489 e. The van der Waals surface area contributed by atoms with Crippen molar-refractivity contribution in [3.8, 4) is 5.75 Å². The van der Waals surface area contributed by atoms with Gasteiger partial charge in [-0.05, 0) is 56.1 Å². The van der Waals surface area contributed by atoms with Crippen molar-refractivity contribution < 1.29 is 9.53 Å². The summed E-state index contributed by atoms with van der Waals surface area (Å²) < 4.78 is 5.75. The van der Waals surface area contributed by atoms with E-state index in [1.54, 1.807) is 18.5 Å². The molecule has 0 aliphatic carbocycles. The third-order valence-electron chi connectivity index (χ3n) is 4.17. The number of halogens is 2. The van der Waals surface area contributed by atoms with Gasteiger partial charge in [0.25, 0.3) is 5.91 Å². The van der Waals surface area contributed by atoms with Crippen LogP contribution >= 0.6 is 24.8 Å². The first-order chi connectivity index (χ1) is 11.8. The molecule has 1 aliphatic heterocycles. The van der Waals surface area contributed by atoms with Crippen LogP contribution in [0, 0.1) is 5.92 Å². The Morgan fingerprint density at radius 1 is 1.27 bits per heavy atom. The van der Waals surface area contributed by atoms with Crippen LogP contribution in [0.4, 0.5) is 0 Å². The Balaban J connectivity index is 0.00000169. The first-order valence-electron chi connectivity index (χ1n) is 8.42. The molecule has 1 amide bonds. The molecule has 1 atom stereocenters. The molecule has 0 radical (unpaired) electrons. The van der Waals surface area contributed by atoms with E-state index >= 15 is 0 Å². The average Bonchev–Trinajstić information content (AvgIpc) is 2.66. The number of carbonyl (C=O) groups excluding carboxylic acids is 1. The van der Waals surface area contributed by atoms with Gasteiger partial charge in [-0.1, -0.05) is 12.1 Å². The predicted molar refractivity (Wildman–Crippen MR) is 107 cm³/mol. The van der Waals surface area contributed by atoms with Gasteiger partial charge in [0.05, 0.1) is 0 Å². The number of benzene rings is 1. The fourth-order valence-corrected chi connectivity index (χ4v) is 2.81. The quantitative estimate of drug-likeness (QED) is 0.784. The van der Waals surface area contributed by atoms with Crippen molar-refractivity contribution in [1.82, 2.24) is 15.6 Å². The smallest absolute Gasteiger partial charge is 0.251 e. The molecule has 0 bridgehead atoms. The lowest BCUT2D eigenvalue weighted by atomic mass is 9.99. The number of nitrogens with zero attached hydrogens (tertiary/aromatic N) is 1. The van der Waals surface area contributed by atoms with Crippen molar-refractivity contribution >= 4 is 30.7 Å². The maximum atomic E-state index is 12.3. The Kier molecular flexibility index (Phi) is 10.0. The summed E-state index contributed by atoms with van der Waals surface area (Å²) in [5.41, 5.74) is 1.62. The van der Waals surface area contributed by atoms with E-state index in [1.165, 1.54) is 12.8 Å². The zero-order chi connectivity index (χ0) is 16.6. The number of nitrogens with one attached hydrogen (secondary N) is 2. The fourth-order valence-electron chi connectivity index (χ4n) is 2.81. The van der Waals surface area contributed by atoms with Crippen molar-refractivity contribution in [3.63, 3.8) is 0 Å². The maximum absolute atomic E-state index is 12.3. The molecule has 1 aromatic heterocycles. The van der Waals surface area contributed by atoms with Crippen LogP contribution in [0.5, 0.6) is 5.75 Å². The lowest BCUT2D eigenvalue weighted by Gasteiger charge is -2.22. The second-order valence-electron chi connectivity index (χ2n) is 6.10. The van der Waals surface area contributed by atoms with Crippen LogP contribution in [-0.2, 0) is 6.61 Å². The first kappa shape index (κ1) is 22.2. The van der Waals surface area contributed by atoms with Crippen molar-refractivity contribution in [2.75, 3.05) is 19.6 Å². The maximum Gasteiger partial charge on any atom is 0.251 e. The second kappa shape index (κ2) is 11.7. The zero-order valence-electron chi connectivity index (χ0n) is 14.5. The van der Waals surface area contributed by atoms with Gasteiger partial charge in [0.1, 0.15) is 12.4 Å². The molecule has 142 valence electrons. The number of ether oxygens (including phenoxy) is 1. The molecule has 5 nitrogen and oxygen atoms in total. The normalized spacial score (nSPS) is 15.9. The molecule has 7 heteroatoms. The molecule has 2 N–H and O–H groups in total. The molecule has 1 fully saturated rings. The van der Waals surface area contributed by atoms with Gasteiger partial charge < -0.3 is 15.4 Å². The summed E-state index contributed by atoms with van der Waals surface area (Å²) in [6.45, 7) is 3.22. The van der Waals surface area contributed by atoms with E-state index in [0.29, 0.717) is 30.4 Å². The van der Waals surface area contributed by atoms with Gasteiger partial charge in [-0.25, -0.2) is 0 Å². The van der Waals surface area contributed by atoms with Crippen molar-refractivity contribution in [1.29, 1.82) is 0 Å². The van der Waals surface area contributed by atoms with E-state index in [1.807, 2.05) is 30.3 Å². The molecular formula is C19H25Cl2N3O2. The summed E-state index contributed by atoms with van der Waals surface area (Å²) in [7, 11) is 0. The van der Waals surface area contributed by atoms with Crippen molar-refractivity contribution in [2.45, 2.75) is 19.4 Å². The Bertz CT molecular complexity index is 665. The van der Waals surface area contributed by atoms with Crippen molar-refractivity contribution in [3.05, 3.63) is 59.9 Å². The van der Waals surface area contributed by atoms with Gasteiger partial charge in [0.15, 0.2) is 0 Å². The highest BCUT2D eigenvalue weighted by atomic mass is 35.5. The molecule has 1 unspecified atom stereocenters. The van der Waals surface area contributed by atoms with Crippen LogP contribution < -0.4 is 15.4 Å². The highest BCUT2D eigenvalue weighted by Gasteiger charge is 2.14. The van der Waals surface area contributed by atoms with Crippen LogP contribution in [0.1, 0.15) is 28.8 Å². The highest BCUT2D eigenvalue weighted by Crippen LogP contribution is 2.15. The van der Waals surface area contributed by atoms with E-state index < -0.39 is 0 Å². The molecule has 1 aliphatic rings. The third kappa shape index (κ3) is 6.83. The number of hydrogen-bond acceptors (Lipinski definition) is 4. The lowest BCUT2D eigenvalue weighted by molar-refractivity contribution is 0.0944. The molecule has 3 rings (SSSR count). The number of rotatable bonds is 6. The van der Waals surface area contributed by atoms with Crippen molar-refractivity contribution in [2.24, 2.45) is 5.92 Å². The van der Waals surface area contributed by atoms with E-state index in [4.69, 9.17) is 4.74 Å². The van der Waals surface area contributed by atoms with E-state index in [2.05, 4.69) is 15.6 Å². The SMILES string of the molecule is Cl.Cl.O=C(NCC1CCCNC1)c1cccc(OCc2cccnc2)c1. The summed E-state index contributed by atoms with van der Waals surface area (Å²) in [6, 6.07) is 11.1. The summed E-state index contributed by atoms with van der Waals surface area (Å²) >= 11 is 0. The van der Waals surface area contributed by atoms with Gasteiger partial charge in [-0.3, -0.25) is 9.78 Å². The summed E-state index contributed by atoms with van der Waals surface area (Å²) in [5, 5.41) is 6.39. The second-order valence-corrected chi connectivity index (χ2v) is 6.10. The topological polar surface area (TPSA) is 63.2 Å². The standard InChI is InChI=1S/C19H23N3O2.2ClH/c23-19(22-13-15-4-2-8-20-11-15)17-6-1-7-18(10-17)24-14-16-5-3-9-21-12-16;;/h1,3,5-7,9-10,12,15,20H,2,4,8,11,13-14H2,(H,22,23);2*1H. The third-order valence-corrected chi connectivity index (χ3v) is 4.17. The molecular weight excluding hydrogens is 373 g/mol. The van der Waals surface area contributed by atoms with Crippen LogP contribution in [0.25, 0.3) is 0 Å². The lowest BCUT2D eigenvalue weighted by Crippen LogP contribution is -2.38. The highest BCUT2D eigenvalue weighted by molar-refractivity contribution is 5.94. The summed E-state index contributed by atoms with van der Waals surface area (Å²) in [6.07, 6.45) is 5.85. The molecule has 2 heterocycles. The molecule has 0 spiro atoms. The Morgan fingerprint density at radius 2 is 2.15 bits per heavy atom. The minimum atomic E-state index is -0.0487. The van der Waals surface area contributed by atoms with Crippen LogP contribution in [0.2, 0.25) is 0 Å². The number of pyridine rings is 1. The van der Waals surface area contributed by atoms with Gasteiger partial charge >= 0.3 is 0 Å². The predicted octanol–water partition coefficient (Wildman–Crippen LogP) is 3.23. The number of aromatic nitrogens is 1. The van der Waals surface area contributed by atoms with Crippen LogP contribution in [-0.4, -0.2) is 30.5 Å². The Morgan fingerprint density at radius 3 is 2.88 bits per heavy atom. The number of hydrogen-bond donors (Lipinski definition) is 2. The molecule has 2 aromatic rings. The van der Waals surface area contributed by atoms with Crippen LogP contribution in [0.15, 0.2) is 48.8 Å². The number of amides is 1. The molecule has 1 aromatic carbocycles. The summed E-state index contributed by atoms with van der Waals surface area (Å²) in [5.74, 6) is 1.16. The van der Waals surface area contributed by atoms with Gasteiger partial charge in [0, 0.05) is 30.1 Å². The Hall–Kier alpha value is -1.82. The largest absolute Gasteiger partial charge is 0.489 e. The van der Waals surface area contributed by atoms with E-state index in [9.17, 15) is 4.79 Å². The summed E-state index contributed by atoms with van der Waals surface area (Å²) in [4.78, 5) is 16.4. The zero-order valence-corrected chi connectivity index (χ0v) is 16.2. The molecule has 0 saturated carbocycles. The number of carbonyl (C=O) groups is 1. The van der Waals surface area contributed by atoms with E-state index in [0.717, 1.165) is 18.7 Å². The fraction of sp³-hybridized carbons (Fsp3) is 0.368. The first-order valence-corrected chi connectivity index (χ1v) is 8.42. The minimum absolute atomic E-state index is 0. The average molecular weight is 398 g/mol. The van der Waals surface area contributed by atoms with Gasteiger partial charge in [0.2, 0.25) is 0 Å².